The first kappa shape index (κ1) is 32.4. The van der Waals surface area contributed by atoms with Crippen molar-refractivity contribution in [1.29, 1.82) is 5.41 Å². The van der Waals surface area contributed by atoms with Gasteiger partial charge < -0.3 is 29.8 Å². The van der Waals surface area contributed by atoms with E-state index in [1.807, 2.05) is 23.9 Å². The summed E-state index contributed by atoms with van der Waals surface area (Å²) in [7, 11) is 1.98. The molecule has 47 heavy (non-hydrogen) atoms. The fraction of sp³-hybridized carbons (Fsp3) is 0.441. The Hall–Kier alpha value is -4.59. The maximum atomic E-state index is 12.5. The molecule has 2 aromatic heterocycles. The molecule has 2 aromatic carbocycles. The van der Waals surface area contributed by atoms with Gasteiger partial charge in [0.05, 0.1) is 49.0 Å². The molecule has 0 unspecified atom stereocenters. The van der Waals surface area contributed by atoms with Gasteiger partial charge in [0.15, 0.2) is 0 Å². The van der Waals surface area contributed by atoms with Crippen molar-refractivity contribution in [2.75, 3.05) is 74.7 Å². The number of morpholine rings is 2. The maximum Gasteiger partial charge on any atom is 0.412 e. The van der Waals surface area contributed by atoms with Crippen molar-refractivity contribution in [1.82, 2.24) is 24.6 Å². The van der Waals surface area contributed by atoms with Gasteiger partial charge in [0, 0.05) is 80.7 Å². The highest BCUT2D eigenvalue weighted by Crippen LogP contribution is 2.30. The number of fused-ring (bicyclic) bond motifs is 1. The van der Waals surface area contributed by atoms with Gasteiger partial charge in [-0.25, -0.2) is 9.78 Å². The zero-order chi connectivity index (χ0) is 33.0. The number of carbonyl (C=O) groups is 1. The summed E-state index contributed by atoms with van der Waals surface area (Å²) in [4.78, 5) is 27.0. The van der Waals surface area contributed by atoms with E-state index in [1.54, 1.807) is 32.9 Å². The monoisotopic (exact) mass is 641 g/mol. The van der Waals surface area contributed by atoms with Crippen molar-refractivity contribution >= 4 is 46.4 Å². The van der Waals surface area contributed by atoms with Gasteiger partial charge in [-0.3, -0.25) is 14.9 Å². The van der Waals surface area contributed by atoms with E-state index >= 15 is 0 Å². The lowest BCUT2D eigenvalue weighted by Gasteiger charge is -2.27. The van der Waals surface area contributed by atoms with Crippen molar-refractivity contribution in [2.45, 2.75) is 32.8 Å². The minimum atomic E-state index is -0.652. The molecule has 4 heterocycles. The third-order valence-electron chi connectivity index (χ3n) is 8.12. The molecule has 0 bridgehead atoms. The van der Waals surface area contributed by atoms with Crippen LogP contribution in [0.4, 0.5) is 27.9 Å². The molecule has 1 amide bonds. The number of amides is 1. The standard InChI is InChI=1S/C34H43N9O4/c1-34(2,3)47-33(44)38-28-20-25(7-5-24(28)22-35)36-31-21-29(37-32(39-31)43-13-17-46-18-14-43)23-6-8-26-27(40-41(4)30(26)19-23)9-10-42-11-15-45-16-12-42/h5-8,19-22,35H,9-18H2,1-4H3,(H,38,44)(H,36,37,39). The highest BCUT2D eigenvalue weighted by molar-refractivity contribution is 5.95. The third kappa shape index (κ3) is 8.05. The summed E-state index contributed by atoms with van der Waals surface area (Å²) >= 11 is 0. The summed E-state index contributed by atoms with van der Waals surface area (Å²) in [6.07, 6.45) is 1.48. The molecule has 248 valence electrons. The lowest BCUT2D eigenvalue weighted by Crippen LogP contribution is -2.37. The Bertz CT molecular complexity index is 1740. The number of benzene rings is 2. The fourth-order valence-corrected chi connectivity index (χ4v) is 5.75. The van der Waals surface area contributed by atoms with E-state index in [2.05, 4.69) is 38.6 Å². The van der Waals surface area contributed by atoms with Crippen LogP contribution in [-0.4, -0.2) is 102 Å². The zero-order valence-corrected chi connectivity index (χ0v) is 27.5. The lowest BCUT2D eigenvalue weighted by atomic mass is 10.1. The van der Waals surface area contributed by atoms with Crippen LogP contribution >= 0.6 is 0 Å². The maximum absolute atomic E-state index is 12.5. The van der Waals surface area contributed by atoms with Crippen molar-refractivity contribution in [3.05, 3.63) is 53.7 Å². The Kier molecular flexibility index (Phi) is 9.66. The molecule has 0 aliphatic carbocycles. The number of ether oxygens (including phenoxy) is 3. The first-order valence-electron chi connectivity index (χ1n) is 16.0. The molecule has 13 nitrogen and oxygen atoms in total. The summed E-state index contributed by atoms with van der Waals surface area (Å²) in [5.41, 5.74) is 4.88. The Labute approximate surface area is 274 Å². The Morgan fingerprint density at radius 2 is 1.74 bits per heavy atom. The Morgan fingerprint density at radius 1 is 1.00 bits per heavy atom. The number of nitrogens with one attached hydrogen (secondary N) is 3. The topological polar surface area (TPSA) is 143 Å². The second-order valence-corrected chi connectivity index (χ2v) is 12.7. The number of carbonyl (C=O) groups excluding carboxylic acids is 1. The van der Waals surface area contributed by atoms with Gasteiger partial charge in [-0.2, -0.15) is 10.1 Å². The highest BCUT2D eigenvalue weighted by Gasteiger charge is 2.20. The number of anilines is 4. The minimum Gasteiger partial charge on any atom is -0.444 e. The predicted molar refractivity (Wildman–Crippen MR) is 183 cm³/mol. The number of aromatic nitrogens is 4. The molecule has 0 spiro atoms. The first-order chi connectivity index (χ1) is 22.6. The van der Waals surface area contributed by atoms with Crippen LogP contribution in [0.3, 0.4) is 0 Å². The van der Waals surface area contributed by atoms with Crippen LogP contribution in [0.1, 0.15) is 32.0 Å². The normalized spacial score (nSPS) is 15.9. The molecule has 6 rings (SSSR count). The van der Waals surface area contributed by atoms with Gasteiger partial charge in [-0.1, -0.05) is 12.1 Å². The number of hydrogen-bond acceptors (Lipinski definition) is 11. The number of aryl methyl sites for hydroxylation is 1. The summed E-state index contributed by atoms with van der Waals surface area (Å²) in [6, 6.07) is 13.7. The number of nitrogens with zero attached hydrogens (tertiary/aromatic N) is 6. The average Bonchev–Trinajstić information content (AvgIpc) is 3.38. The number of rotatable bonds is 9. The van der Waals surface area contributed by atoms with Crippen molar-refractivity contribution in [2.24, 2.45) is 7.05 Å². The highest BCUT2D eigenvalue weighted by atomic mass is 16.6. The van der Waals surface area contributed by atoms with Gasteiger partial charge >= 0.3 is 6.09 Å². The SMILES string of the molecule is Cn1nc(CCN2CCOCC2)c2ccc(-c3cc(Nc4ccc(C=N)c(NC(=O)OC(C)(C)C)c4)nc(N4CCOCC4)n3)cc21. The van der Waals surface area contributed by atoms with E-state index < -0.39 is 11.7 Å². The molecule has 0 atom stereocenters. The summed E-state index contributed by atoms with van der Waals surface area (Å²) in [6.45, 7) is 12.4. The largest absolute Gasteiger partial charge is 0.444 e. The molecule has 0 saturated carbocycles. The van der Waals surface area contributed by atoms with Crippen LogP contribution in [0.5, 0.6) is 0 Å². The Morgan fingerprint density at radius 3 is 2.47 bits per heavy atom. The van der Waals surface area contributed by atoms with E-state index in [0.29, 0.717) is 55.0 Å². The molecule has 13 heteroatoms. The predicted octanol–water partition coefficient (Wildman–Crippen LogP) is 4.83. The van der Waals surface area contributed by atoms with E-state index in [9.17, 15) is 4.79 Å². The number of hydrogen-bond donors (Lipinski definition) is 3. The van der Waals surface area contributed by atoms with Gasteiger partial charge in [-0.15, -0.1) is 0 Å². The first-order valence-corrected chi connectivity index (χ1v) is 16.0. The van der Waals surface area contributed by atoms with Crippen LogP contribution in [-0.2, 0) is 27.7 Å². The van der Waals surface area contributed by atoms with Crippen molar-refractivity contribution < 1.29 is 19.0 Å². The molecule has 2 aliphatic heterocycles. The molecular formula is C34H43N9O4. The minimum absolute atomic E-state index is 0.452. The summed E-state index contributed by atoms with van der Waals surface area (Å²) in [5.74, 6) is 1.20. The van der Waals surface area contributed by atoms with Crippen LogP contribution in [0, 0.1) is 5.41 Å². The molecule has 2 saturated heterocycles. The van der Waals surface area contributed by atoms with E-state index in [1.165, 1.54) is 6.21 Å². The second kappa shape index (κ2) is 14.0. The van der Waals surface area contributed by atoms with Crippen molar-refractivity contribution in [3.63, 3.8) is 0 Å². The van der Waals surface area contributed by atoms with Crippen LogP contribution in [0.2, 0.25) is 0 Å². The Balaban J connectivity index is 1.30. The smallest absolute Gasteiger partial charge is 0.412 e. The average molecular weight is 642 g/mol. The summed E-state index contributed by atoms with van der Waals surface area (Å²) < 4.78 is 18.5. The molecule has 0 radical (unpaired) electrons. The zero-order valence-electron chi connectivity index (χ0n) is 27.5. The van der Waals surface area contributed by atoms with Gasteiger partial charge in [0.2, 0.25) is 5.95 Å². The molecule has 3 N–H and O–H groups in total. The molecule has 2 fully saturated rings. The lowest BCUT2D eigenvalue weighted by molar-refractivity contribution is 0.0383. The fourth-order valence-electron chi connectivity index (χ4n) is 5.75. The van der Waals surface area contributed by atoms with Crippen molar-refractivity contribution in [3.8, 4) is 11.3 Å². The van der Waals surface area contributed by atoms with E-state index in [4.69, 9.17) is 34.7 Å². The van der Waals surface area contributed by atoms with Crippen LogP contribution in [0.25, 0.3) is 22.2 Å². The van der Waals surface area contributed by atoms with Gasteiger partial charge in [0.1, 0.15) is 11.4 Å². The second-order valence-electron chi connectivity index (χ2n) is 12.7. The molecular weight excluding hydrogens is 598 g/mol. The van der Waals surface area contributed by atoms with Gasteiger partial charge in [-0.05, 0) is 45.0 Å². The van der Waals surface area contributed by atoms with Crippen LogP contribution < -0.4 is 15.5 Å². The molecule has 4 aromatic rings. The third-order valence-corrected chi connectivity index (χ3v) is 8.12. The molecule has 2 aliphatic rings. The van der Waals surface area contributed by atoms with Crippen LogP contribution in [0.15, 0.2) is 42.5 Å². The van der Waals surface area contributed by atoms with Gasteiger partial charge in [0.25, 0.3) is 0 Å². The van der Waals surface area contributed by atoms with E-state index in [-0.39, 0.29) is 0 Å². The summed E-state index contributed by atoms with van der Waals surface area (Å²) in [5, 5.41) is 20.0. The quantitative estimate of drug-likeness (QED) is 0.218. The van der Waals surface area contributed by atoms with E-state index in [0.717, 1.165) is 67.1 Å².